The van der Waals surface area contributed by atoms with Crippen LogP contribution in [0.5, 0.6) is 0 Å². The predicted octanol–water partition coefficient (Wildman–Crippen LogP) is 5.79. The molecule has 2 aromatic carbocycles. The molecule has 1 amide bonds. The van der Waals surface area contributed by atoms with Crippen molar-refractivity contribution in [3.63, 3.8) is 0 Å². The summed E-state index contributed by atoms with van der Waals surface area (Å²) in [6.07, 6.45) is -0.826. The number of nitrogens with one attached hydrogen (secondary N) is 1. The lowest BCUT2D eigenvalue weighted by molar-refractivity contribution is 0.0636. The average molecular weight is 466 g/mol. The lowest BCUT2D eigenvalue weighted by Crippen LogP contribution is -2.27. The molecular formula is C21H18ClF2N3O3S. The van der Waals surface area contributed by atoms with Crippen molar-refractivity contribution in [1.82, 2.24) is 0 Å². The molecule has 10 heteroatoms. The monoisotopic (exact) mass is 465 g/mol. The van der Waals surface area contributed by atoms with Crippen molar-refractivity contribution in [2.24, 2.45) is 0 Å². The van der Waals surface area contributed by atoms with Crippen molar-refractivity contribution < 1.29 is 23.4 Å². The smallest absolute Gasteiger partial charge is 0.412 e. The minimum absolute atomic E-state index is 0.0172. The molecule has 0 saturated carbocycles. The molecule has 3 aromatic rings. The van der Waals surface area contributed by atoms with E-state index in [1.54, 1.807) is 20.8 Å². The van der Waals surface area contributed by atoms with Crippen LogP contribution < -0.4 is 11.1 Å². The molecule has 162 valence electrons. The van der Waals surface area contributed by atoms with Crippen molar-refractivity contribution in [2.75, 3.05) is 11.1 Å². The first-order valence-corrected chi connectivity index (χ1v) is 10.2. The molecule has 4 N–H and O–H groups in total. The molecule has 0 saturated heterocycles. The van der Waals surface area contributed by atoms with Gasteiger partial charge < -0.3 is 15.6 Å². The number of benzene rings is 2. The first-order valence-electron chi connectivity index (χ1n) is 9.01. The molecule has 0 unspecified atom stereocenters. The quantitative estimate of drug-likeness (QED) is 0.424. The SMILES string of the molecule is CC(C)(C)OC(=O)Nc1sc2c(F)ccc(-c3c(F)c(N)cc(CO)c3Cl)c2c1C#N. The van der Waals surface area contributed by atoms with Gasteiger partial charge in [0, 0.05) is 10.9 Å². The Morgan fingerprint density at radius 1 is 1.39 bits per heavy atom. The predicted molar refractivity (Wildman–Crippen MR) is 117 cm³/mol. The Labute approximate surface area is 185 Å². The third kappa shape index (κ3) is 4.28. The second-order valence-corrected chi connectivity index (χ2v) is 9.03. The molecule has 31 heavy (non-hydrogen) atoms. The first kappa shape index (κ1) is 22.7. The van der Waals surface area contributed by atoms with Crippen LogP contribution in [-0.2, 0) is 11.3 Å². The van der Waals surface area contributed by atoms with Gasteiger partial charge in [0.1, 0.15) is 22.5 Å². The maximum absolute atomic E-state index is 15.0. The summed E-state index contributed by atoms with van der Waals surface area (Å²) in [5, 5.41) is 21.7. The van der Waals surface area contributed by atoms with Crippen LogP contribution in [0.1, 0.15) is 31.9 Å². The number of anilines is 2. The van der Waals surface area contributed by atoms with E-state index in [4.69, 9.17) is 22.1 Å². The standard InChI is InChI=1S/C21H18ClF2N3O3S/c1-21(2,3)30-20(29)27-19-11(7-25)14-10(4-5-12(23)18(14)31-19)15-16(22)9(8-28)6-13(26)17(15)24/h4-6,28H,8,26H2,1-3H3,(H,27,29). The van der Waals surface area contributed by atoms with Gasteiger partial charge in [-0.15, -0.1) is 11.3 Å². The highest BCUT2D eigenvalue weighted by Crippen LogP contribution is 2.46. The van der Waals surface area contributed by atoms with E-state index in [-0.39, 0.29) is 48.1 Å². The number of ether oxygens (including phenoxy) is 1. The van der Waals surface area contributed by atoms with Gasteiger partial charge in [0.2, 0.25) is 0 Å². The summed E-state index contributed by atoms with van der Waals surface area (Å²) in [5.41, 5.74) is 4.70. The molecule has 0 radical (unpaired) electrons. The number of nitrogen functional groups attached to an aromatic ring is 1. The van der Waals surface area contributed by atoms with Gasteiger partial charge in [-0.3, -0.25) is 5.32 Å². The van der Waals surface area contributed by atoms with Crippen LogP contribution in [0.15, 0.2) is 18.2 Å². The number of hydrogen-bond acceptors (Lipinski definition) is 6. The third-order valence-electron chi connectivity index (χ3n) is 4.26. The van der Waals surface area contributed by atoms with Gasteiger partial charge in [0.05, 0.1) is 27.6 Å². The highest BCUT2D eigenvalue weighted by atomic mass is 35.5. The van der Waals surface area contributed by atoms with E-state index >= 15 is 0 Å². The zero-order chi connectivity index (χ0) is 23.1. The summed E-state index contributed by atoms with van der Waals surface area (Å²) >= 11 is 7.11. The molecule has 0 atom stereocenters. The number of nitriles is 1. The molecule has 0 spiro atoms. The van der Waals surface area contributed by atoms with Crippen LogP contribution in [0.4, 0.5) is 24.3 Å². The van der Waals surface area contributed by atoms with Crippen molar-refractivity contribution in [2.45, 2.75) is 33.0 Å². The van der Waals surface area contributed by atoms with Gasteiger partial charge in [-0.2, -0.15) is 5.26 Å². The number of carbonyl (C=O) groups is 1. The first-order chi connectivity index (χ1) is 14.5. The number of carbonyl (C=O) groups excluding carboxylic acids is 1. The normalized spacial score (nSPS) is 11.4. The number of nitrogens with two attached hydrogens (primary N) is 1. The fourth-order valence-corrected chi connectivity index (χ4v) is 4.41. The molecule has 3 rings (SSSR count). The minimum atomic E-state index is -0.869. The number of halogens is 3. The van der Waals surface area contributed by atoms with Crippen molar-refractivity contribution >= 4 is 49.8 Å². The van der Waals surface area contributed by atoms with Gasteiger partial charge in [-0.1, -0.05) is 17.7 Å². The number of hydrogen-bond donors (Lipinski definition) is 3. The molecular weight excluding hydrogens is 448 g/mol. The Bertz CT molecular complexity index is 1250. The molecule has 0 aliphatic heterocycles. The minimum Gasteiger partial charge on any atom is -0.444 e. The van der Waals surface area contributed by atoms with E-state index in [2.05, 4.69) is 5.32 Å². The lowest BCUT2D eigenvalue weighted by Gasteiger charge is -2.19. The van der Waals surface area contributed by atoms with Crippen LogP contribution in [0, 0.1) is 23.0 Å². The largest absolute Gasteiger partial charge is 0.444 e. The topological polar surface area (TPSA) is 108 Å². The summed E-state index contributed by atoms with van der Waals surface area (Å²) in [6, 6.07) is 5.51. The van der Waals surface area contributed by atoms with Gasteiger partial charge in [-0.05, 0) is 44.0 Å². The van der Waals surface area contributed by atoms with Crippen LogP contribution >= 0.6 is 22.9 Å². The number of rotatable bonds is 3. The molecule has 0 fully saturated rings. The summed E-state index contributed by atoms with van der Waals surface area (Å²) in [5.74, 6) is -1.54. The summed E-state index contributed by atoms with van der Waals surface area (Å²) in [7, 11) is 0. The highest BCUT2D eigenvalue weighted by Gasteiger charge is 2.26. The molecule has 1 heterocycles. The van der Waals surface area contributed by atoms with Crippen LogP contribution in [0.2, 0.25) is 5.02 Å². The van der Waals surface area contributed by atoms with Crippen molar-refractivity contribution in [3.8, 4) is 17.2 Å². The second-order valence-electron chi connectivity index (χ2n) is 7.63. The summed E-state index contributed by atoms with van der Waals surface area (Å²) in [4.78, 5) is 12.2. The van der Waals surface area contributed by atoms with Gasteiger partial charge in [-0.25, -0.2) is 13.6 Å². The number of aliphatic hydroxyl groups excluding tert-OH is 1. The third-order valence-corrected chi connectivity index (χ3v) is 5.81. The maximum atomic E-state index is 15.0. The second kappa shape index (κ2) is 8.30. The Morgan fingerprint density at radius 3 is 2.65 bits per heavy atom. The average Bonchev–Trinajstić information content (AvgIpc) is 3.03. The molecule has 0 bridgehead atoms. The fraction of sp³-hybridized carbons (Fsp3) is 0.238. The number of nitrogens with zero attached hydrogens (tertiary/aromatic N) is 1. The zero-order valence-electron chi connectivity index (χ0n) is 16.8. The highest BCUT2D eigenvalue weighted by molar-refractivity contribution is 7.23. The van der Waals surface area contributed by atoms with E-state index in [1.807, 2.05) is 6.07 Å². The lowest BCUT2D eigenvalue weighted by atomic mass is 9.96. The number of thiophene rings is 1. The number of aliphatic hydroxyl groups is 1. The molecule has 6 nitrogen and oxygen atoms in total. The van der Waals surface area contributed by atoms with E-state index in [9.17, 15) is 23.9 Å². The zero-order valence-corrected chi connectivity index (χ0v) is 18.3. The molecule has 0 aliphatic rings. The van der Waals surface area contributed by atoms with Gasteiger partial charge in [0.15, 0.2) is 5.82 Å². The van der Waals surface area contributed by atoms with E-state index < -0.39 is 29.9 Å². The van der Waals surface area contributed by atoms with Gasteiger partial charge in [0.25, 0.3) is 0 Å². The van der Waals surface area contributed by atoms with E-state index in [0.717, 1.165) is 17.4 Å². The van der Waals surface area contributed by atoms with Crippen molar-refractivity contribution in [3.05, 3.63) is 46.0 Å². The summed E-state index contributed by atoms with van der Waals surface area (Å²) in [6.45, 7) is 4.51. The number of amides is 1. The Balaban J connectivity index is 2.29. The Morgan fingerprint density at radius 2 is 2.06 bits per heavy atom. The molecule has 0 aliphatic carbocycles. The fourth-order valence-electron chi connectivity index (χ4n) is 3.04. The Kier molecular flexibility index (Phi) is 6.09. The van der Waals surface area contributed by atoms with E-state index in [1.165, 1.54) is 12.1 Å². The van der Waals surface area contributed by atoms with Crippen LogP contribution in [0.25, 0.3) is 21.2 Å². The molecule has 1 aromatic heterocycles. The van der Waals surface area contributed by atoms with Crippen molar-refractivity contribution in [1.29, 1.82) is 5.26 Å². The van der Waals surface area contributed by atoms with E-state index in [0.29, 0.717) is 0 Å². The van der Waals surface area contributed by atoms with Gasteiger partial charge >= 0.3 is 6.09 Å². The summed E-state index contributed by atoms with van der Waals surface area (Å²) < 4.78 is 34.8. The van der Waals surface area contributed by atoms with Crippen LogP contribution in [0.3, 0.4) is 0 Å². The Hall–Kier alpha value is -2.93. The van der Waals surface area contributed by atoms with Crippen LogP contribution in [-0.4, -0.2) is 16.8 Å². The maximum Gasteiger partial charge on any atom is 0.412 e. The number of fused-ring (bicyclic) bond motifs is 1.